The first-order chi connectivity index (χ1) is 6.08. The van der Waals surface area contributed by atoms with E-state index in [0.29, 0.717) is 13.0 Å². The average Bonchev–Trinajstić information content (AvgIpc) is 2.04. The zero-order valence-corrected chi connectivity index (χ0v) is 8.08. The van der Waals surface area contributed by atoms with Gasteiger partial charge in [0.05, 0.1) is 6.26 Å². The van der Waals surface area contributed by atoms with E-state index in [4.69, 9.17) is 0 Å². The van der Waals surface area contributed by atoms with Crippen LogP contribution >= 0.6 is 0 Å². The van der Waals surface area contributed by atoms with E-state index >= 15 is 0 Å². The molecular weight excluding hydrogens is 190 g/mol. The van der Waals surface area contributed by atoms with Crippen molar-refractivity contribution in [3.05, 3.63) is 24.3 Å². The fourth-order valence-corrected chi connectivity index (χ4v) is 1.31. The standard InChI is InChI=1S/C7H11N3O2S/c1-13(11,12)10-3-2-7-4-8-6-9-5-7/h4-6,10H,2-3H2,1H3. The third-order valence-electron chi connectivity index (χ3n) is 1.39. The minimum Gasteiger partial charge on any atom is -0.245 e. The van der Waals surface area contributed by atoms with Gasteiger partial charge in [0.15, 0.2) is 0 Å². The molecule has 0 aliphatic rings. The van der Waals surface area contributed by atoms with Crippen LogP contribution in [-0.4, -0.2) is 31.2 Å². The SMILES string of the molecule is CS(=O)(=O)NCCc1cncnc1. The van der Waals surface area contributed by atoms with Crippen molar-refractivity contribution in [2.24, 2.45) is 0 Å². The van der Waals surface area contributed by atoms with Gasteiger partial charge in [0.25, 0.3) is 0 Å². The Balaban J connectivity index is 2.37. The number of sulfonamides is 1. The summed E-state index contributed by atoms with van der Waals surface area (Å²) in [7, 11) is -3.09. The molecule has 0 atom stereocenters. The fourth-order valence-electron chi connectivity index (χ4n) is 0.840. The van der Waals surface area contributed by atoms with E-state index in [2.05, 4.69) is 14.7 Å². The van der Waals surface area contributed by atoms with Crippen LogP contribution in [0.4, 0.5) is 0 Å². The third kappa shape index (κ3) is 4.54. The van der Waals surface area contributed by atoms with Crippen molar-refractivity contribution in [3.8, 4) is 0 Å². The molecule has 0 aliphatic carbocycles. The molecule has 72 valence electrons. The molecule has 1 rings (SSSR count). The maximum atomic E-state index is 10.7. The molecule has 0 fully saturated rings. The summed E-state index contributed by atoms with van der Waals surface area (Å²) in [6.07, 6.45) is 6.50. The van der Waals surface area contributed by atoms with Gasteiger partial charge in [0.1, 0.15) is 6.33 Å². The van der Waals surface area contributed by atoms with Crippen LogP contribution in [0.3, 0.4) is 0 Å². The quantitative estimate of drug-likeness (QED) is 0.717. The van der Waals surface area contributed by atoms with Crippen molar-refractivity contribution < 1.29 is 8.42 Å². The molecule has 0 saturated carbocycles. The lowest BCUT2D eigenvalue weighted by Gasteiger charge is -2.00. The smallest absolute Gasteiger partial charge is 0.208 e. The lowest BCUT2D eigenvalue weighted by Crippen LogP contribution is -2.24. The summed E-state index contributed by atoms with van der Waals surface area (Å²) >= 11 is 0. The molecule has 0 bridgehead atoms. The Morgan fingerprint density at radius 3 is 2.54 bits per heavy atom. The minimum absolute atomic E-state index is 0.381. The van der Waals surface area contributed by atoms with Crippen LogP contribution in [0, 0.1) is 0 Å². The van der Waals surface area contributed by atoms with Crippen LogP contribution in [-0.2, 0) is 16.4 Å². The molecule has 1 aromatic heterocycles. The van der Waals surface area contributed by atoms with Crippen LogP contribution < -0.4 is 4.72 Å². The van der Waals surface area contributed by atoms with Gasteiger partial charge < -0.3 is 0 Å². The number of rotatable bonds is 4. The number of hydrogen-bond donors (Lipinski definition) is 1. The van der Waals surface area contributed by atoms with E-state index in [1.807, 2.05) is 0 Å². The second-order valence-corrected chi connectivity index (χ2v) is 4.50. The van der Waals surface area contributed by atoms with Crippen molar-refractivity contribution in [1.29, 1.82) is 0 Å². The summed E-state index contributed by atoms with van der Waals surface area (Å²) in [6.45, 7) is 0.381. The van der Waals surface area contributed by atoms with Gasteiger partial charge in [-0.15, -0.1) is 0 Å². The molecule has 1 N–H and O–H groups in total. The Labute approximate surface area is 77.3 Å². The summed E-state index contributed by atoms with van der Waals surface area (Å²) in [5.74, 6) is 0. The third-order valence-corrected chi connectivity index (χ3v) is 2.12. The lowest BCUT2D eigenvalue weighted by atomic mass is 10.2. The summed E-state index contributed by atoms with van der Waals surface area (Å²) in [5.41, 5.74) is 0.915. The number of nitrogens with zero attached hydrogens (tertiary/aromatic N) is 2. The largest absolute Gasteiger partial charge is 0.245 e. The van der Waals surface area contributed by atoms with Crippen molar-refractivity contribution >= 4 is 10.0 Å². The van der Waals surface area contributed by atoms with Crippen LogP contribution in [0.25, 0.3) is 0 Å². The zero-order chi connectivity index (χ0) is 9.73. The first-order valence-electron chi connectivity index (χ1n) is 3.76. The highest BCUT2D eigenvalue weighted by Crippen LogP contribution is 1.92. The van der Waals surface area contributed by atoms with Crippen molar-refractivity contribution in [2.45, 2.75) is 6.42 Å². The van der Waals surface area contributed by atoms with E-state index < -0.39 is 10.0 Å². The Kier molecular flexibility index (Phi) is 3.32. The van der Waals surface area contributed by atoms with Gasteiger partial charge in [0, 0.05) is 18.9 Å². The lowest BCUT2D eigenvalue weighted by molar-refractivity contribution is 0.588. The summed E-state index contributed by atoms with van der Waals surface area (Å²) in [4.78, 5) is 7.62. The Morgan fingerprint density at radius 1 is 1.38 bits per heavy atom. The maximum Gasteiger partial charge on any atom is 0.208 e. The summed E-state index contributed by atoms with van der Waals surface area (Å²) in [6, 6.07) is 0. The number of nitrogens with one attached hydrogen (secondary N) is 1. The highest BCUT2D eigenvalue weighted by Gasteiger charge is 1.99. The van der Waals surface area contributed by atoms with E-state index in [-0.39, 0.29) is 0 Å². The van der Waals surface area contributed by atoms with Gasteiger partial charge in [-0.25, -0.2) is 23.1 Å². The highest BCUT2D eigenvalue weighted by atomic mass is 32.2. The molecule has 0 saturated heterocycles. The Morgan fingerprint density at radius 2 is 2.00 bits per heavy atom. The number of aromatic nitrogens is 2. The molecule has 5 nitrogen and oxygen atoms in total. The van der Waals surface area contributed by atoms with Gasteiger partial charge in [-0.2, -0.15) is 0 Å². The molecule has 0 spiro atoms. The molecule has 1 heterocycles. The molecule has 0 unspecified atom stereocenters. The van der Waals surface area contributed by atoms with Gasteiger partial charge in [-0.05, 0) is 12.0 Å². The molecule has 1 aromatic rings. The first kappa shape index (κ1) is 10.1. The predicted octanol–water partition coefficient (Wildman–Crippen LogP) is -0.432. The average molecular weight is 201 g/mol. The van der Waals surface area contributed by atoms with E-state index in [9.17, 15) is 8.42 Å². The minimum atomic E-state index is -3.09. The van der Waals surface area contributed by atoms with Gasteiger partial charge in [-0.3, -0.25) is 0 Å². The molecule has 0 aromatic carbocycles. The van der Waals surface area contributed by atoms with Crippen LogP contribution in [0.5, 0.6) is 0 Å². The Bertz CT molecular complexity index is 349. The predicted molar refractivity (Wildman–Crippen MR) is 48.6 cm³/mol. The molecule has 6 heteroatoms. The topological polar surface area (TPSA) is 72.0 Å². The van der Waals surface area contributed by atoms with Crippen LogP contribution in [0.15, 0.2) is 18.7 Å². The second-order valence-electron chi connectivity index (χ2n) is 2.66. The Hall–Kier alpha value is -1.01. The first-order valence-corrected chi connectivity index (χ1v) is 5.65. The molecule has 13 heavy (non-hydrogen) atoms. The van der Waals surface area contributed by atoms with E-state index in [1.54, 1.807) is 12.4 Å². The number of hydrogen-bond acceptors (Lipinski definition) is 4. The second kappa shape index (κ2) is 4.29. The van der Waals surface area contributed by atoms with Gasteiger partial charge in [0.2, 0.25) is 10.0 Å². The van der Waals surface area contributed by atoms with Gasteiger partial charge in [-0.1, -0.05) is 0 Å². The molecule has 0 aliphatic heterocycles. The van der Waals surface area contributed by atoms with Crippen molar-refractivity contribution in [3.63, 3.8) is 0 Å². The van der Waals surface area contributed by atoms with Crippen molar-refractivity contribution in [2.75, 3.05) is 12.8 Å². The molecule has 0 amide bonds. The zero-order valence-electron chi connectivity index (χ0n) is 7.27. The fraction of sp³-hybridized carbons (Fsp3) is 0.429. The normalized spacial score (nSPS) is 11.5. The van der Waals surface area contributed by atoms with E-state index in [0.717, 1.165) is 11.8 Å². The molecule has 0 radical (unpaired) electrons. The van der Waals surface area contributed by atoms with Gasteiger partial charge >= 0.3 is 0 Å². The van der Waals surface area contributed by atoms with Crippen molar-refractivity contribution in [1.82, 2.24) is 14.7 Å². The summed E-state index contributed by atoms with van der Waals surface area (Å²) in [5, 5.41) is 0. The highest BCUT2D eigenvalue weighted by molar-refractivity contribution is 7.88. The van der Waals surface area contributed by atoms with Crippen LogP contribution in [0.1, 0.15) is 5.56 Å². The molecular formula is C7H11N3O2S. The van der Waals surface area contributed by atoms with E-state index in [1.165, 1.54) is 6.33 Å². The maximum absolute atomic E-state index is 10.7. The summed E-state index contributed by atoms with van der Waals surface area (Å²) < 4.78 is 23.7. The van der Waals surface area contributed by atoms with Crippen LogP contribution in [0.2, 0.25) is 0 Å². The monoisotopic (exact) mass is 201 g/mol.